The van der Waals surface area contributed by atoms with E-state index in [2.05, 4.69) is 0 Å². The third-order valence-electron chi connectivity index (χ3n) is 5.25. The largest absolute Gasteiger partial charge is 0.507 e. The minimum absolute atomic E-state index is 0.0160. The second-order valence-corrected chi connectivity index (χ2v) is 7.19. The highest BCUT2D eigenvalue weighted by molar-refractivity contribution is 6.46. The van der Waals surface area contributed by atoms with Crippen LogP contribution < -0.4 is 0 Å². The number of aliphatic hydroxyl groups excluding tert-OH is 1. The Labute approximate surface area is 169 Å². The number of aryl methyl sites for hydroxylation is 2. The van der Waals surface area contributed by atoms with Crippen molar-refractivity contribution in [3.05, 3.63) is 76.1 Å². The van der Waals surface area contributed by atoms with Gasteiger partial charge < -0.3 is 14.7 Å². The van der Waals surface area contributed by atoms with Gasteiger partial charge in [-0.2, -0.15) is 0 Å². The van der Waals surface area contributed by atoms with E-state index < -0.39 is 23.5 Å². The van der Waals surface area contributed by atoms with E-state index in [1.54, 1.807) is 19.2 Å². The maximum Gasteiger partial charge on any atom is 0.295 e. The number of methoxy groups -OCH3 is 1. The van der Waals surface area contributed by atoms with Gasteiger partial charge in [-0.25, -0.2) is 4.39 Å². The van der Waals surface area contributed by atoms with Gasteiger partial charge in [0.15, 0.2) is 0 Å². The Balaban J connectivity index is 2.13. The lowest BCUT2D eigenvalue weighted by molar-refractivity contribution is -0.140. The van der Waals surface area contributed by atoms with E-state index in [1.807, 2.05) is 19.9 Å². The van der Waals surface area contributed by atoms with Gasteiger partial charge in [0.1, 0.15) is 11.6 Å². The lowest BCUT2D eigenvalue weighted by atomic mass is 9.94. The number of nitrogens with zero attached hydrogens (tertiary/aromatic N) is 1. The smallest absolute Gasteiger partial charge is 0.295 e. The summed E-state index contributed by atoms with van der Waals surface area (Å²) in [6.45, 7) is 4.57. The van der Waals surface area contributed by atoms with Crippen molar-refractivity contribution in [1.82, 2.24) is 4.90 Å². The molecule has 29 heavy (non-hydrogen) atoms. The fourth-order valence-electron chi connectivity index (χ4n) is 3.53. The van der Waals surface area contributed by atoms with Gasteiger partial charge in [0.25, 0.3) is 11.7 Å². The van der Waals surface area contributed by atoms with Gasteiger partial charge in [-0.3, -0.25) is 9.59 Å². The number of ketones is 1. The van der Waals surface area contributed by atoms with E-state index in [1.165, 1.54) is 29.2 Å². The molecular formula is C23H24FNO4. The number of carbonyl (C=O) groups is 2. The standard InChI is InChI=1S/C23H24FNO4/c1-14-5-6-17(13-15(14)2)21(26)19-20(16-7-9-18(24)10-8-16)25(11-4-12-29-3)23(28)22(19)27/h5-10,13,20,26H,4,11-12H2,1-3H3/b21-19-. The van der Waals surface area contributed by atoms with Gasteiger partial charge in [0.2, 0.25) is 0 Å². The van der Waals surface area contributed by atoms with Crippen LogP contribution in [0.3, 0.4) is 0 Å². The molecule has 1 saturated heterocycles. The van der Waals surface area contributed by atoms with Crippen LogP contribution in [0, 0.1) is 19.7 Å². The van der Waals surface area contributed by atoms with Crippen molar-refractivity contribution >= 4 is 17.4 Å². The van der Waals surface area contributed by atoms with Crippen molar-refractivity contribution in [3.63, 3.8) is 0 Å². The van der Waals surface area contributed by atoms with Crippen LogP contribution in [0.5, 0.6) is 0 Å². The summed E-state index contributed by atoms with van der Waals surface area (Å²) < 4.78 is 18.5. The van der Waals surface area contributed by atoms with E-state index >= 15 is 0 Å². The highest BCUT2D eigenvalue weighted by Gasteiger charge is 2.45. The quantitative estimate of drug-likeness (QED) is 0.347. The molecule has 5 nitrogen and oxygen atoms in total. The zero-order valence-corrected chi connectivity index (χ0v) is 16.7. The molecule has 0 bridgehead atoms. The van der Waals surface area contributed by atoms with Crippen LogP contribution >= 0.6 is 0 Å². The maximum absolute atomic E-state index is 13.5. The highest BCUT2D eigenvalue weighted by Crippen LogP contribution is 2.39. The third kappa shape index (κ3) is 4.07. The zero-order valence-electron chi connectivity index (χ0n) is 16.7. The van der Waals surface area contributed by atoms with Crippen molar-refractivity contribution in [3.8, 4) is 0 Å². The average molecular weight is 397 g/mol. The van der Waals surface area contributed by atoms with Crippen LogP contribution in [0.2, 0.25) is 0 Å². The first-order chi connectivity index (χ1) is 13.8. The van der Waals surface area contributed by atoms with Gasteiger partial charge in [-0.05, 0) is 55.2 Å². The second-order valence-electron chi connectivity index (χ2n) is 7.19. The SMILES string of the molecule is COCCCN1C(=O)C(=O)/C(=C(\O)c2ccc(C)c(C)c2)C1c1ccc(F)cc1. The molecule has 0 spiro atoms. The molecule has 0 aliphatic carbocycles. The monoisotopic (exact) mass is 397 g/mol. The molecule has 152 valence electrons. The predicted octanol–water partition coefficient (Wildman–Crippen LogP) is 3.90. The molecule has 3 rings (SSSR count). The first kappa shape index (κ1) is 20.7. The lowest BCUT2D eigenvalue weighted by Gasteiger charge is -2.25. The number of ether oxygens (including phenoxy) is 1. The summed E-state index contributed by atoms with van der Waals surface area (Å²) in [6.07, 6.45) is 0.533. The molecule has 1 fully saturated rings. The van der Waals surface area contributed by atoms with Crippen molar-refractivity contribution in [2.45, 2.75) is 26.3 Å². The van der Waals surface area contributed by atoms with Crippen LogP contribution in [-0.2, 0) is 14.3 Å². The first-order valence-electron chi connectivity index (χ1n) is 9.45. The van der Waals surface area contributed by atoms with Gasteiger partial charge in [0.05, 0.1) is 11.6 Å². The molecule has 1 heterocycles. The summed E-state index contributed by atoms with van der Waals surface area (Å²) in [6, 6.07) is 10.2. The number of rotatable bonds is 6. The summed E-state index contributed by atoms with van der Waals surface area (Å²) in [5, 5.41) is 11.0. The molecule has 1 N–H and O–H groups in total. The zero-order chi connectivity index (χ0) is 21.1. The number of likely N-dealkylation sites (tertiary alicyclic amines) is 1. The molecule has 1 amide bonds. The Morgan fingerprint density at radius 1 is 1.10 bits per heavy atom. The van der Waals surface area contributed by atoms with E-state index in [-0.39, 0.29) is 17.9 Å². The van der Waals surface area contributed by atoms with Crippen molar-refractivity contribution in [2.24, 2.45) is 0 Å². The summed E-state index contributed by atoms with van der Waals surface area (Å²) >= 11 is 0. The van der Waals surface area contributed by atoms with Crippen LogP contribution in [0.4, 0.5) is 4.39 Å². The summed E-state index contributed by atoms with van der Waals surface area (Å²) in [5.41, 5.74) is 3.06. The molecule has 2 aromatic carbocycles. The number of carbonyl (C=O) groups excluding carboxylic acids is 2. The fraction of sp³-hybridized carbons (Fsp3) is 0.304. The van der Waals surface area contributed by atoms with Gasteiger partial charge >= 0.3 is 0 Å². The number of benzene rings is 2. The van der Waals surface area contributed by atoms with E-state index in [4.69, 9.17) is 4.74 Å². The number of halogens is 1. The number of Topliss-reactive ketones (excluding diaryl/α,β-unsaturated/α-hetero) is 1. The highest BCUT2D eigenvalue weighted by atomic mass is 19.1. The Morgan fingerprint density at radius 3 is 2.41 bits per heavy atom. The van der Waals surface area contributed by atoms with Gasteiger partial charge in [-0.15, -0.1) is 0 Å². The normalized spacial score (nSPS) is 18.5. The minimum atomic E-state index is -0.783. The third-order valence-corrected chi connectivity index (χ3v) is 5.25. The molecular weight excluding hydrogens is 373 g/mol. The van der Waals surface area contributed by atoms with Crippen LogP contribution in [0.15, 0.2) is 48.0 Å². The molecule has 6 heteroatoms. The van der Waals surface area contributed by atoms with Crippen molar-refractivity contribution in [1.29, 1.82) is 0 Å². The van der Waals surface area contributed by atoms with Crippen LogP contribution in [0.25, 0.3) is 5.76 Å². The summed E-state index contributed by atoms with van der Waals surface area (Å²) in [7, 11) is 1.56. The Morgan fingerprint density at radius 2 is 1.79 bits per heavy atom. The van der Waals surface area contributed by atoms with Crippen LogP contribution in [-0.4, -0.2) is 42.0 Å². The second kappa shape index (κ2) is 8.57. The average Bonchev–Trinajstić information content (AvgIpc) is 2.95. The number of aliphatic hydroxyl groups is 1. The molecule has 1 unspecified atom stereocenters. The molecule has 1 atom stereocenters. The van der Waals surface area contributed by atoms with E-state index in [9.17, 15) is 19.1 Å². The summed E-state index contributed by atoms with van der Waals surface area (Å²) in [5.74, 6) is -2.07. The number of amides is 1. The lowest BCUT2D eigenvalue weighted by Crippen LogP contribution is -2.31. The van der Waals surface area contributed by atoms with E-state index in [0.29, 0.717) is 24.2 Å². The van der Waals surface area contributed by atoms with Gasteiger partial charge in [-0.1, -0.05) is 24.3 Å². The maximum atomic E-state index is 13.5. The van der Waals surface area contributed by atoms with Crippen molar-refractivity contribution < 1.29 is 23.8 Å². The molecule has 1 aliphatic heterocycles. The first-order valence-corrected chi connectivity index (χ1v) is 9.45. The molecule has 0 radical (unpaired) electrons. The fourth-order valence-corrected chi connectivity index (χ4v) is 3.53. The Hall–Kier alpha value is -2.99. The van der Waals surface area contributed by atoms with Crippen molar-refractivity contribution in [2.75, 3.05) is 20.3 Å². The van der Waals surface area contributed by atoms with Gasteiger partial charge in [0, 0.05) is 25.8 Å². The summed E-state index contributed by atoms with van der Waals surface area (Å²) in [4.78, 5) is 27.0. The van der Waals surface area contributed by atoms with E-state index in [0.717, 1.165) is 11.1 Å². The predicted molar refractivity (Wildman–Crippen MR) is 108 cm³/mol. The van der Waals surface area contributed by atoms with Crippen LogP contribution in [0.1, 0.15) is 34.7 Å². The molecule has 1 aliphatic rings. The molecule has 0 aromatic heterocycles. The Kier molecular flexibility index (Phi) is 6.13. The minimum Gasteiger partial charge on any atom is -0.507 e. The topological polar surface area (TPSA) is 66.8 Å². The number of hydrogen-bond donors (Lipinski definition) is 1. The number of hydrogen-bond acceptors (Lipinski definition) is 4. The molecule has 2 aromatic rings. The molecule has 0 saturated carbocycles. The Bertz CT molecular complexity index is 965.